The Morgan fingerprint density at radius 1 is 1.42 bits per heavy atom. The SMILES string of the molecule is Cc1ncccc1OCc1ccc(C(=O)O)cc1Br. The van der Waals surface area contributed by atoms with Gasteiger partial charge in [-0.1, -0.05) is 22.0 Å². The first kappa shape index (κ1) is 13.5. The second-order valence-electron chi connectivity index (χ2n) is 3.99. The monoisotopic (exact) mass is 321 g/mol. The molecule has 0 saturated heterocycles. The number of hydrogen-bond donors (Lipinski definition) is 1. The van der Waals surface area contributed by atoms with E-state index in [9.17, 15) is 4.79 Å². The number of nitrogens with zero attached hydrogens (tertiary/aromatic N) is 1. The highest BCUT2D eigenvalue weighted by Gasteiger charge is 2.08. The molecule has 0 radical (unpaired) electrons. The number of benzene rings is 1. The molecular formula is C14H12BrNO3. The van der Waals surface area contributed by atoms with Gasteiger partial charge in [0.1, 0.15) is 12.4 Å². The summed E-state index contributed by atoms with van der Waals surface area (Å²) in [6.07, 6.45) is 1.71. The summed E-state index contributed by atoms with van der Waals surface area (Å²) in [4.78, 5) is 15.0. The van der Waals surface area contributed by atoms with Crippen molar-refractivity contribution >= 4 is 21.9 Å². The summed E-state index contributed by atoms with van der Waals surface area (Å²) < 4.78 is 6.38. The lowest BCUT2D eigenvalue weighted by molar-refractivity contribution is 0.0696. The first-order valence-electron chi connectivity index (χ1n) is 5.64. The summed E-state index contributed by atoms with van der Waals surface area (Å²) >= 11 is 3.35. The Morgan fingerprint density at radius 2 is 2.21 bits per heavy atom. The van der Waals surface area contributed by atoms with Crippen molar-refractivity contribution in [2.45, 2.75) is 13.5 Å². The molecule has 0 saturated carbocycles. The van der Waals surface area contributed by atoms with Crippen molar-refractivity contribution in [3.8, 4) is 5.75 Å². The second-order valence-corrected chi connectivity index (χ2v) is 4.84. The van der Waals surface area contributed by atoms with Gasteiger partial charge in [0.2, 0.25) is 0 Å². The Balaban J connectivity index is 2.12. The molecular weight excluding hydrogens is 310 g/mol. The fourth-order valence-electron chi connectivity index (χ4n) is 1.57. The van der Waals surface area contributed by atoms with Gasteiger partial charge in [-0.2, -0.15) is 0 Å². The van der Waals surface area contributed by atoms with E-state index in [1.54, 1.807) is 24.4 Å². The molecule has 0 unspecified atom stereocenters. The number of halogens is 1. The first-order valence-corrected chi connectivity index (χ1v) is 6.43. The molecule has 19 heavy (non-hydrogen) atoms. The normalized spacial score (nSPS) is 10.2. The van der Waals surface area contributed by atoms with E-state index in [-0.39, 0.29) is 5.56 Å². The van der Waals surface area contributed by atoms with Gasteiger partial charge in [0, 0.05) is 16.2 Å². The number of hydrogen-bond acceptors (Lipinski definition) is 3. The molecule has 0 amide bonds. The summed E-state index contributed by atoms with van der Waals surface area (Å²) in [7, 11) is 0. The van der Waals surface area contributed by atoms with Gasteiger partial charge in [0.25, 0.3) is 0 Å². The average Bonchev–Trinajstić information content (AvgIpc) is 2.39. The van der Waals surface area contributed by atoms with E-state index in [0.717, 1.165) is 17.0 Å². The molecule has 1 N–H and O–H groups in total. The number of ether oxygens (including phenoxy) is 1. The van der Waals surface area contributed by atoms with Crippen LogP contribution in [-0.4, -0.2) is 16.1 Å². The zero-order valence-corrected chi connectivity index (χ0v) is 11.8. The molecule has 5 heteroatoms. The Kier molecular flexibility index (Phi) is 4.16. The van der Waals surface area contributed by atoms with Crippen LogP contribution in [0.2, 0.25) is 0 Å². The Hall–Kier alpha value is -1.88. The zero-order valence-electron chi connectivity index (χ0n) is 10.3. The van der Waals surface area contributed by atoms with Crippen molar-refractivity contribution < 1.29 is 14.6 Å². The quantitative estimate of drug-likeness (QED) is 0.937. The molecule has 1 aromatic heterocycles. The highest BCUT2D eigenvalue weighted by molar-refractivity contribution is 9.10. The number of carboxylic acid groups (broad SMARTS) is 1. The number of pyridine rings is 1. The summed E-state index contributed by atoms with van der Waals surface area (Å²) in [6, 6.07) is 8.52. The maximum Gasteiger partial charge on any atom is 0.335 e. The summed E-state index contributed by atoms with van der Waals surface area (Å²) in [5.41, 5.74) is 1.95. The lowest BCUT2D eigenvalue weighted by Gasteiger charge is -2.10. The fourth-order valence-corrected chi connectivity index (χ4v) is 2.07. The lowest BCUT2D eigenvalue weighted by Crippen LogP contribution is -2.01. The maximum atomic E-state index is 10.8. The van der Waals surface area contributed by atoms with E-state index in [2.05, 4.69) is 20.9 Å². The molecule has 0 aliphatic rings. The van der Waals surface area contributed by atoms with E-state index in [0.29, 0.717) is 11.1 Å². The topological polar surface area (TPSA) is 59.4 Å². The van der Waals surface area contributed by atoms with Crippen LogP contribution < -0.4 is 4.74 Å². The van der Waals surface area contributed by atoms with Gasteiger partial charge < -0.3 is 9.84 Å². The predicted octanol–water partition coefficient (Wildman–Crippen LogP) is 3.43. The molecule has 1 heterocycles. The fraction of sp³-hybridized carbons (Fsp3) is 0.143. The Bertz CT molecular complexity index is 613. The van der Waals surface area contributed by atoms with Crippen molar-refractivity contribution in [3.63, 3.8) is 0 Å². The lowest BCUT2D eigenvalue weighted by atomic mass is 10.1. The third-order valence-electron chi connectivity index (χ3n) is 2.64. The largest absolute Gasteiger partial charge is 0.487 e. The predicted molar refractivity (Wildman–Crippen MR) is 74.4 cm³/mol. The molecule has 0 aliphatic carbocycles. The minimum Gasteiger partial charge on any atom is -0.487 e. The van der Waals surface area contributed by atoms with Crippen LogP contribution in [0.5, 0.6) is 5.75 Å². The molecule has 0 fully saturated rings. The van der Waals surface area contributed by atoms with E-state index in [1.807, 2.05) is 19.1 Å². The number of aryl methyl sites for hydroxylation is 1. The van der Waals surface area contributed by atoms with Gasteiger partial charge in [-0.15, -0.1) is 0 Å². The van der Waals surface area contributed by atoms with Crippen LogP contribution in [0, 0.1) is 6.92 Å². The Labute approximate surface area is 119 Å². The van der Waals surface area contributed by atoms with E-state index < -0.39 is 5.97 Å². The molecule has 0 aliphatic heterocycles. The van der Waals surface area contributed by atoms with Crippen LogP contribution in [0.4, 0.5) is 0 Å². The van der Waals surface area contributed by atoms with Crippen LogP contribution in [0.3, 0.4) is 0 Å². The smallest absolute Gasteiger partial charge is 0.335 e. The number of rotatable bonds is 4. The molecule has 4 nitrogen and oxygen atoms in total. The van der Waals surface area contributed by atoms with Crippen molar-refractivity contribution in [2.75, 3.05) is 0 Å². The van der Waals surface area contributed by atoms with Gasteiger partial charge >= 0.3 is 5.97 Å². The number of carboxylic acids is 1. The van der Waals surface area contributed by atoms with Crippen molar-refractivity contribution in [1.82, 2.24) is 4.98 Å². The van der Waals surface area contributed by atoms with Gasteiger partial charge in [-0.05, 0) is 31.2 Å². The van der Waals surface area contributed by atoms with Crippen LogP contribution in [0.1, 0.15) is 21.6 Å². The molecule has 0 spiro atoms. The molecule has 1 aromatic carbocycles. The number of aromatic carboxylic acids is 1. The van der Waals surface area contributed by atoms with E-state index in [1.165, 1.54) is 0 Å². The Morgan fingerprint density at radius 3 is 2.84 bits per heavy atom. The van der Waals surface area contributed by atoms with E-state index >= 15 is 0 Å². The van der Waals surface area contributed by atoms with Crippen molar-refractivity contribution in [2.24, 2.45) is 0 Å². The highest BCUT2D eigenvalue weighted by atomic mass is 79.9. The van der Waals surface area contributed by atoms with E-state index in [4.69, 9.17) is 9.84 Å². The van der Waals surface area contributed by atoms with Gasteiger partial charge in [0.15, 0.2) is 0 Å². The number of aromatic nitrogens is 1. The molecule has 0 atom stereocenters. The third-order valence-corrected chi connectivity index (χ3v) is 3.38. The van der Waals surface area contributed by atoms with Gasteiger partial charge in [-0.25, -0.2) is 4.79 Å². The highest BCUT2D eigenvalue weighted by Crippen LogP contribution is 2.22. The van der Waals surface area contributed by atoms with Crippen LogP contribution in [0.15, 0.2) is 41.0 Å². The minimum absolute atomic E-state index is 0.244. The molecule has 2 rings (SSSR count). The number of carbonyl (C=O) groups is 1. The second kappa shape index (κ2) is 5.84. The van der Waals surface area contributed by atoms with Crippen LogP contribution >= 0.6 is 15.9 Å². The van der Waals surface area contributed by atoms with Crippen LogP contribution in [-0.2, 0) is 6.61 Å². The molecule has 0 bridgehead atoms. The summed E-state index contributed by atoms with van der Waals surface area (Å²) in [6.45, 7) is 2.23. The molecule has 2 aromatic rings. The minimum atomic E-state index is -0.948. The zero-order chi connectivity index (χ0) is 13.8. The van der Waals surface area contributed by atoms with Crippen molar-refractivity contribution in [3.05, 3.63) is 57.8 Å². The van der Waals surface area contributed by atoms with Gasteiger partial charge in [0.05, 0.1) is 11.3 Å². The maximum absolute atomic E-state index is 10.8. The van der Waals surface area contributed by atoms with Crippen LogP contribution in [0.25, 0.3) is 0 Å². The van der Waals surface area contributed by atoms with Gasteiger partial charge in [-0.3, -0.25) is 4.98 Å². The summed E-state index contributed by atoms with van der Waals surface area (Å²) in [5, 5.41) is 8.88. The molecule has 98 valence electrons. The summed E-state index contributed by atoms with van der Waals surface area (Å²) in [5.74, 6) is -0.229. The standard InChI is InChI=1S/C14H12BrNO3/c1-9-13(3-2-6-16-9)19-8-11-5-4-10(14(17)18)7-12(11)15/h2-7H,8H2,1H3,(H,17,18). The van der Waals surface area contributed by atoms with Crippen molar-refractivity contribution in [1.29, 1.82) is 0 Å². The first-order chi connectivity index (χ1) is 9.08. The third kappa shape index (κ3) is 3.32. The average molecular weight is 322 g/mol.